The number of carbonyl (C=O) groups excluding carboxylic acids is 1. The van der Waals surface area contributed by atoms with Crippen LogP contribution in [-0.2, 0) is 4.79 Å². The lowest BCUT2D eigenvalue weighted by molar-refractivity contribution is -0.127. The summed E-state index contributed by atoms with van der Waals surface area (Å²) in [7, 11) is 1.45. The molecule has 4 heteroatoms. The van der Waals surface area contributed by atoms with E-state index in [-0.39, 0.29) is 11.8 Å². The SMILES string of the molecule is CN(N)C(=O)CCl. The van der Waals surface area contributed by atoms with Gasteiger partial charge in [0.1, 0.15) is 5.88 Å². The van der Waals surface area contributed by atoms with Crippen molar-refractivity contribution in [3.8, 4) is 0 Å². The molecule has 0 rings (SSSR count). The first-order chi connectivity index (χ1) is 3.18. The normalized spacial score (nSPS) is 8.43. The van der Waals surface area contributed by atoms with Crippen molar-refractivity contribution in [3.05, 3.63) is 0 Å². The van der Waals surface area contributed by atoms with E-state index in [9.17, 15) is 4.79 Å². The Hall–Kier alpha value is -0.280. The van der Waals surface area contributed by atoms with E-state index in [1.807, 2.05) is 0 Å². The topological polar surface area (TPSA) is 46.3 Å². The molecule has 0 radical (unpaired) electrons. The number of nitrogens with two attached hydrogens (primary N) is 1. The molecule has 0 spiro atoms. The Morgan fingerprint density at radius 3 is 2.43 bits per heavy atom. The fraction of sp³-hybridized carbons (Fsp3) is 0.667. The van der Waals surface area contributed by atoms with Crippen LogP contribution in [0.1, 0.15) is 0 Å². The van der Waals surface area contributed by atoms with Crippen molar-refractivity contribution in [2.24, 2.45) is 5.84 Å². The summed E-state index contributed by atoms with van der Waals surface area (Å²) < 4.78 is 0. The van der Waals surface area contributed by atoms with Crippen LogP contribution in [0.5, 0.6) is 0 Å². The summed E-state index contributed by atoms with van der Waals surface area (Å²) >= 11 is 5.08. The van der Waals surface area contributed by atoms with Gasteiger partial charge in [0, 0.05) is 7.05 Å². The highest BCUT2D eigenvalue weighted by Crippen LogP contribution is 1.77. The molecule has 0 unspecified atom stereocenters. The van der Waals surface area contributed by atoms with Crippen molar-refractivity contribution < 1.29 is 4.79 Å². The maximum Gasteiger partial charge on any atom is 0.251 e. The lowest BCUT2D eigenvalue weighted by atomic mass is 10.7. The zero-order chi connectivity index (χ0) is 5.86. The Kier molecular flexibility index (Phi) is 2.71. The molecule has 0 saturated heterocycles. The van der Waals surface area contributed by atoms with E-state index >= 15 is 0 Å². The van der Waals surface area contributed by atoms with E-state index in [0.29, 0.717) is 0 Å². The van der Waals surface area contributed by atoms with Gasteiger partial charge in [-0.25, -0.2) is 5.84 Å². The van der Waals surface area contributed by atoms with Gasteiger partial charge in [-0.3, -0.25) is 9.80 Å². The fourth-order valence-corrected chi connectivity index (χ4v) is 0.283. The lowest BCUT2D eigenvalue weighted by Gasteiger charge is -2.04. The summed E-state index contributed by atoms with van der Waals surface area (Å²) in [6, 6.07) is 0. The van der Waals surface area contributed by atoms with Crippen molar-refractivity contribution in [2.75, 3.05) is 12.9 Å². The number of hydrogen-bond donors (Lipinski definition) is 1. The smallest absolute Gasteiger partial charge is 0.251 e. The standard InChI is InChI=1S/C3H7ClN2O/c1-6(5)3(7)2-4/h2,5H2,1H3. The first kappa shape index (κ1) is 6.72. The van der Waals surface area contributed by atoms with Gasteiger partial charge in [0.05, 0.1) is 0 Å². The summed E-state index contributed by atoms with van der Waals surface area (Å²) in [5.41, 5.74) is 0. The lowest BCUT2D eigenvalue weighted by Crippen LogP contribution is -2.33. The Bertz CT molecular complexity index is 73.3. The fourth-order valence-electron chi connectivity index (χ4n) is 0.0943. The first-order valence-electron chi connectivity index (χ1n) is 1.75. The van der Waals surface area contributed by atoms with Crippen molar-refractivity contribution in [1.29, 1.82) is 0 Å². The molecule has 0 fully saturated rings. The number of amides is 1. The average Bonchev–Trinajstić information content (AvgIpc) is 1.65. The quantitative estimate of drug-likeness (QED) is 0.222. The molecule has 0 aromatic rings. The van der Waals surface area contributed by atoms with Crippen LogP contribution in [0.15, 0.2) is 0 Å². The van der Waals surface area contributed by atoms with Crippen molar-refractivity contribution in [3.63, 3.8) is 0 Å². The first-order valence-corrected chi connectivity index (χ1v) is 2.29. The number of hydrogen-bond acceptors (Lipinski definition) is 2. The second-order valence-corrected chi connectivity index (χ2v) is 1.41. The van der Waals surface area contributed by atoms with Crippen LogP contribution in [0, 0.1) is 0 Å². The molecule has 0 aromatic carbocycles. The molecule has 1 amide bonds. The van der Waals surface area contributed by atoms with Gasteiger partial charge in [-0.05, 0) is 0 Å². The monoisotopic (exact) mass is 122 g/mol. The third-order valence-corrected chi connectivity index (χ3v) is 0.736. The summed E-state index contributed by atoms with van der Waals surface area (Å²) in [5.74, 6) is 4.62. The van der Waals surface area contributed by atoms with E-state index in [2.05, 4.69) is 0 Å². The second kappa shape index (κ2) is 2.82. The van der Waals surface area contributed by atoms with E-state index in [4.69, 9.17) is 17.4 Å². The van der Waals surface area contributed by atoms with Crippen LogP contribution in [0.4, 0.5) is 0 Å². The Labute approximate surface area is 47.0 Å². The Balaban J connectivity index is 3.35. The molecule has 0 heterocycles. The predicted octanol–water partition coefficient (Wildman–Crippen LogP) is -0.443. The van der Waals surface area contributed by atoms with Gasteiger partial charge in [0.25, 0.3) is 5.91 Å². The molecular formula is C3H7ClN2O. The number of hydrazine groups is 1. The van der Waals surface area contributed by atoms with Gasteiger partial charge >= 0.3 is 0 Å². The molecule has 3 nitrogen and oxygen atoms in total. The molecule has 0 aliphatic rings. The molecule has 0 aliphatic heterocycles. The minimum absolute atomic E-state index is 0.0486. The molecule has 0 aromatic heterocycles. The van der Waals surface area contributed by atoms with E-state index < -0.39 is 0 Å². The minimum Gasteiger partial charge on any atom is -0.283 e. The molecule has 0 atom stereocenters. The number of alkyl halides is 1. The predicted molar refractivity (Wildman–Crippen MR) is 27.7 cm³/mol. The highest BCUT2D eigenvalue weighted by atomic mass is 35.5. The highest BCUT2D eigenvalue weighted by molar-refractivity contribution is 6.27. The zero-order valence-electron chi connectivity index (χ0n) is 4.02. The summed E-state index contributed by atoms with van der Waals surface area (Å²) in [6.07, 6.45) is 0. The summed E-state index contributed by atoms with van der Waals surface area (Å²) in [4.78, 5) is 10.2. The van der Waals surface area contributed by atoms with Gasteiger partial charge in [-0.15, -0.1) is 11.6 Å². The van der Waals surface area contributed by atoms with Crippen molar-refractivity contribution >= 4 is 17.5 Å². The van der Waals surface area contributed by atoms with E-state index in [1.54, 1.807) is 0 Å². The number of nitrogens with zero attached hydrogens (tertiary/aromatic N) is 1. The molecule has 7 heavy (non-hydrogen) atoms. The van der Waals surface area contributed by atoms with E-state index in [0.717, 1.165) is 5.01 Å². The van der Waals surface area contributed by atoms with E-state index in [1.165, 1.54) is 7.05 Å². The molecule has 42 valence electrons. The molecule has 0 saturated carbocycles. The number of rotatable bonds is 1. The zero-order valence-corrected chi connectivity index (χ0v) is 4.77. The van der Waals surface area contributed by atoms with Crippen LogP contribution in [0.25, 0.3) is 0 Å². The molecule has 0 aliphatic carbocycles. The molecular weight excluding hydrogens is 115 g/mol. The van der Waals surface area contributed by atoms with Crippen molar-refractivity contribution in [1.82, 2.24) is 5.01 Å². The van der Waals surface area contributed by atoms with Crippen LogP contribution in [0.3, 0.4) is 0 Å². The summed E-state index contributed by atoms with van der Waals surface area (Å²) in [6.45, 7) is 0. The minimum atomic E-state index is -0.276. The van der Waals surface area contributed by atoms with Crippen LogP contribution < -0.4 is 5.84 Å². The van der Waals surface area contributed by atoms with Gasteiger partial charge in [0.15, 0.2) is 0 Å². The Morgan fingerprint density at radius 1 is 2.00 bits per heavy atom. The largest absolute Gasteiger partial charge is 0.283 e. The number of halogens is 1. The summed E-state index contributed by atoms with van der Waals surface area (Å²) in [5, 5.41) is 0.951. The third-order valence-electron chi connectivity index (χ3n) is 0.508. The number of carbonyl (C=O) groups is 1. The second-order valence-electron chi connectivity index (χ2n) is 1.14. The van der Waals surface area contributed by atoms with Crippen LogP contribution in [0.2, 0.25) is 0 Å². The maximum atomic E-state index is 10.2. The molecule has 2 N–H and O–H groups in total. The van der Waals surface area contributed by atoms with Crippen LogP contribution >= 0.6 is 11.6 Å². The van der Waals surface area contributed by atoms with Gasteiger partial charge in [0.2, 0.25) is 0 Å². The van der Waals surface area contributed by atoms with Gasteiger partial charge < -0.3 is 0 Å². The third kappa shape index (κ3) is 2.42. The Morgan fingerprint density at radius 2 is 2.43 bits per heavy atom. The molecule has 0 bridgehead atoms. The van der Waals surface area contributed by atoms with Crippen LogP contribution in [-0.4, -0.2) is 23.8 Å². The maximum absolute atomic E-state index is 10.2. The highest BCUT2D eigenvalue weighted by Gasteiger charge is 1.97. The van der Waals surface area contributed by atoms with Gasteiger partial charge in [-0.2, -0.15) is 0 Å². The van der Waals surface area contributed by atoms with Crippen molar-refractivity contribution in [2.45, 2.75) is 0 Å². The average molecular weight is 123 g/mol. The van der Waals surface area contributed by atoms with Gasteiger partial charge in [-0.1, -0.05) is 0 Å².